The summed E-state index contributed by atoms with van der Waals surface area (Å²) in [7, 11) is 1.47. The summed E-state index contributed by atoms with van der Waals surface area (Å²) < 4.78 is 4.98. The molecule has 2 rings (SSSR count). The van der Waals surface area contributed by atoms with Crippen LogP contribution in [0.4, 0.5) is 0 Å². The van der Waals surface area contributed by atoms with E-state index in [4.69, 9.17) is 4.74 Å². The van der Waals surface area contributed by atoms with Crippen molar-refractivity contribution in [3.05, 3.63) is 59.2 Å². The number of Topliss-reactive ketones (excluding diaryl/α,β-unsaturated/α-hetero) is 2. The molecular formula is C20H22O4. The van der Waals surface area contributed by atoms with E-state index in [-0.39, 0.29) is 28.9 Å². The van der Waals surface area contributed by atoms with Crippen LogP contribution in [0.3, 0.4) is 0 Å². The molecule has 2 aromatic carbocycles. The third-order valence-corrected chi connectivity index (χ3v) is 3.90. The number of methoxy groups -OCH3 is 1. The maximum atomic E-state index is 12.3. The van der Waals surface area contributed by atoms with E-state index in [1.807, 2.05) is 12.1 Å². The lowest BCUT2D eigenvalue weighted by molar-refractivity contribution is 0.0893. The van der Waals surface area contributed by atoms with Crippen LogP contribution in [0.5, 0.6) is 11.5 Å². The Labute approximate surface area is 142 Å². The average Bonchev–Trinajstić information content (AvgIpc) is 2.53. The van der Waals surface area contributed by atoms with Gasteiger partial charge in [-0.3, -0.25) is 9.59 Å². The first kappa shape index (κ1) is 17.7. The van der Waals surface area contributed by atoms with Gasteiger partial charge in [0.05, 0.1) is 19.1 Å². The fourth-order valence-corrected chi connectivity index (χ4v) is 2.37. The number of rotatable bonds is 5. The topological polar surface area (TPSA) is 63.6 Å². The Morgan fingerprint density at radius 1 is 1.00 bits per heavy atom. The minimum Gasteiger partial charge on any atom is -0.507 e. The van der Waals surface area contributed by atoms with Crippen LogP contribution >= 0.6 is 0 Å². The van der Waals surface area contributed by atoms with Crippen LogP contribution in [-0.2, 0) is 5.41 Å². The molecule has 0 fully saturated rings. The van der Waals surface area contributed by atoms with E-state index in [0.717, 1.165) is 5.56 Å². The molecule has 0 heterocycles. The van der Waals surface area contributed by atoms with E-state index >= 15 is 0 Å². The van der Waals surface area contributed by atoms with Crippen molar-refractivity contribution < 1.29 is 19.4 Å². The van der Waals surface area contributed by atoms with Gasteiger partial charge in [-0.05, 0) is 23.1 Å². The fraction of sp³-hybridized carbons (Fsp3) is 0.300. The third kappa shape index (κ3) is 4.02. The zero-order chi connectivity index (χ0) is 17.9. The standard InChI is InChI=1S/C20H22O4/c1-20(2,3)14-7-5-13(6-8-14)17(21)12-19(23)16-10-9-15(24-4)11-18(16)22/h5-11,22H,12H2,1-4H3. The van der Waals surface area contributed by atoms with E-state index in [1.165, 1.54) is 19.2 Å². The van der Waals surface area contributed by atoms with Crippen LogP contribution < -0.4 is 4.74 Å². The van der Waals surface area contributed by atoms with Gasteiger partial charge in [0.2, 0.25) is 0 Å². The maximum absolute atomic E-state index is 12.3. The number of carbonyl (C=O) groups excluding carboxylic acids is 2. The molecule has 1 N–H and O–H groups in total. The van der Waals surface area contributed by atoms with Crippen molar-refractivity contribution in [3.8, 4) is 11.5 Å². The van der Waals surface area contributed by atoms with Crippen LogP contribution in [0.25, 0.3) is 0 Å². The van der Waals surface area contributed by atoms with Crippen LogP contribution in [0.1, 0.15) is 53.5 Å². The van der Waals surface area contributed by atoms with Gasteiger partial charge < -0.3 is 9.84 Å². The van der Waals surface area contributed by atoms with Gasteiger partial charge in [0, 0.05) is 11.6 Å². The predicted octanol–water partition coefficient (Wildman–Crippen LogP) is 4.15. The van der Waals surface area contributed by atoms with Crippen molar-refractivity contribution in [1.82, 2.24) is 0 Å². The molecule has 24 heavy (non-hydrogen) atoms. The zero-order valence-corrected chi connectivity index (χ0v) is 14.4. The normalized spacial score (nSPS) is 11.2. The molecule has 0 radical (unpaired) electrons. The summed E-state index contributed by atoms with van der Waals surface area (Å²) in [5.74, 6) is -0.417. The number of aromatic hydroxyl groups is 1. The first-order valence-corrected chi connectivity index (χ1v) is 7.76. The molecule has 0 aromatic heterocycles. The number of hydrogen-bond acceptors (Lipinski definition) is 4. The third-order valence-electron chi connectivity index (χ3n) is 3.90. The maximum Gasteiger partial charge on any atom is 0.174 e. The minimum absolute atomic E-state index is 0.00623. The number of carbonyl (C=O) groups is 2. The monoisotopic (exact) mass is 326 g/mol. The Hall–Kier alpha value is -2.62. The number of benzene rings is 2. The summed E-state index contributed by atoms with van der Waals surface area (Å²) in [5.41, 5.74) is 1.74. The first-order valence-electron chi connectivity index (χ1n) is 7.76. The minimum atomic E-state index is -0.417. The Bertz CT molecular complexity index is 752. The number of phenols is 1. The Kier molecular flexibility index (Phi) is 5.07. The van der Waals surface area contributed by atoms with E-state index in [2.05, 4.69) is 20.8 Å². The summed E-state index contributed by atoms with van der Waals surface area (Å²) in [6, 6.07) is 11.7. The summed E-state index contributed by atoms with van der Waals surface area (Å²) in [6.45, 7) is 6.29. The number of phenolic OH excluding ortho intramolecular Hbond substituents is 1. The van der Waals surface area contributed by atoms with Crippen LogP contribution in [0.15, 0.2) is 42.5 Å². The van der Waals surface area contributed by atoms with Gasteiger partial charge in [0.15, 0.2) is 11.6 Å². The molecule has 0 aliphatic rings. The molecule has 2 aromatic rings. The van der Waals surface area contributed by atoms with Gasteiger partial charge in [0.1, 0.15) is 11.5 Å². The van der Waals surface area contributed by atoms with Crippen molar-refractivity contribution >= 4 is 11.6 Å². The highest BCUT2D eigenvalue weighted by Gasteiger charge is 2.18. The van der Waals surface area contributed by atoms with Crippen molar-refractivity contribution in [2.45, 2.75) is 32.6 Å². The Morgan fingerprint density at radius 2 is 1.62 bits per heavy atom. The Morgan fingerprint density at radius 3 is 2.12 bits per heavy atom. The molecule has 4 nitrogen and oxygen atoms in total. The van der Waals surface area contributed by atoms with E-state index in [1.54, 1.807) is 18.2 Å². The van der Waals surface area contributed by atoms with Crippen molar-refractivity contribution in [2.24, 2.45) is 0 Å². The largest absolute Gasteiger partial charge is 0.507 e. The second kappa shape index (κ2) is 6.87. The van der Waals surface area contributed by atoms with Crippen molar-refractivity contribution in [2.75, 3.05) is 7.11 Å². The van der Waals surface area contributed by atoms with Gasteiger partial charge in [-0.15, -0.1) is 0 Å². The second-order valence-electron chi connectivity index (χ2n) is 6.73. The second-order valence-corrected chi connectivity index (χ2v) is 6.73. The van der Waals surface area contributed by atoms with Gasteiger partial charge in [-0.2, -0.15) is 0 Å². The summed E-state index contributed by atoms with van der Waals surface area (Å²) in [4.78, 5) is 24.6. The molecule has 0 spiro atoms. The molecule has 0 atom stereocenters. The van der Waals surface area contributed by atoms with Gasteiger partial charge in [-0.1, -0.05) is 45.0 Å². The van der Waals surface area contributed by atoms with E-state index in [0.29, 0.717) is 11.3 Å². The summed E-state index contributed by atoms with van der Waals surface area (Å²) >= 11 is 0. The quantitative estimate of drug-likeness (QED) is 0.662. The molecule has 0 saturated carbocycles. The first-order chi connectivity index (χ1) is 11.2. The molecule has 0 bridgehead atoms. The lowest BCUT2D eigenvalue weighted by Crippen LogP contribution is -2.12. The van der Waals surface area contributed by atoms with Crippen LogP contribution in [0.2, 0.25) is 0 Å². The molecule has 0 aliphatic carbocycles. The predicted molar refractivity (Wildman–Crippen MR) is 93.1 cm³/mol. The van der Waals surface area contributed by atoms with Crippen LogP contribution in [0, 0.1) is 0 Å². The van der Waals surface area contributed by atoms with E-state index < -0.39 is 5.78 Å². The van der Waals surface area contributed by atoms with Crippen molar-refractivity contribution in [3.63, 3.8) is 0 Å². The fourth-order valence-electron chi connectivity index (χ4n) is 2.37. The highest BCUT2D eigenvalue weighted by atomic mass is 16.5. The molecular weight excluding hydrogens is 304 g/mol. The number of ketones is 2. The smallest absolute Gasteiger partial charge is 0.174 e. The average molecular weight is 326 g/mol. The Balaban J connectivity index is 2.13. The molecule has 0 unspecified atom stereocenters. The lowest BCUT2D eigenvalue weighted by Gasteiger charge is -2.18. The van der Waals surface area contributed by atoms with E-state index in [9.17, 15) is 14.7 Å². The van der Waals surface area contributed by atoms with Gasteiger partial charge in [0.25, 0.3) is 0 Å². The lowest BCUT2D eigenvalue weighted by atomic mass is 9.86. The van der Waals surface area contributed by atoms with Gasteiger partial charge >= 0.3 is 0 Å². The van der Waals surface area contributed by atoms with Crippen LogP contribution in [-0.4, -0.2) is 23.8 Å². The van der Waals surface area contributed by atoms with Gasteiger partial charge in [-0.25, -0.2) is 0 Å². The summed E-state index contributed by atoms with van der Waals surface area (Å²) in [6.07, 6.45) is -0.283. The SMILES string of the molecule is COc1ccc(C(=O)CC(=O)c2ccc(C(C)(C)C)cc2)c(O)c1. The molecule has 0 saturated heterocycles. The molecule has 0 aliphatic heterocycles. The molecule has 126 valence electrons. The number of hydrogen-bond donors (Lipinski definition) is 1. The molecule has 4 heteroatoms. The number of ether oxygens (including phenoxy) is 1. The zero-order valence-electron chi connectivity index (χ0n) is 14.4. The van der Waals surface area contributed by atoms with Crippen molar-refractivity contribution in [1.29, 1.82) is 0 Å². The highest BCUT2D eigenvalue weighted by molar-refractivity contribution is 6.14. The highest BCUT2D eigenvalue weighted by Crippen LogP contribution is 2.26. The molecule has 0 amide bonds. The summed E-state index contributed by atoms with van der Waals surface area (Å²) in [5, 5.41) is 9.89.